The van der Waals surface area contributed by atoms with Gasteiger partial charge in [-0.1, -0.05) is 5.21 Å². The Hall–Kier alpha value is -7.63. The summed E-state index contributed by atoms with van der Waals surface area (Å²) in [5.41, 5.74) is -6.91. The Bertz CT molecular complexity index is 3150. The molecule has 0 radical (unpaired) electrons. The molecule has 101 heavy (non-hydrogen) atoms. The molecule has 0 unspecified atom stereocenters. The SMILES string of the molecule is CC(C)(C)OC(=O)NC[C@@H]1O[C@H](O[C@H]2[C@@H](O)[C@H](O[C@@H]3[C@@H](O)[C@H](NC(=O)OC(C)(C)C)C[C@H](NC(=O)OC(C)(C)C)[C@H]3O[C@H]3O[C@H](CNC(=O)OC(C)(C)C)[C@@H](O)[C@H](O)[C@H]3NC(=O)OC(C)(C)C)O[C@@H]2Cn2cc(COC(=O)c3ccc([N+](=O)[O-])cc3)nn2)[C@H](NC(=O)OC(C)(C)C)[C@@H](O)[C@@H]1O. The monoisotopic (exact) mass is 1440 g/mol. The normalized spacial score (nSPS) is 29.6. The largest absolute Gasteiger partial charge is 0.455 e. The lowest BCUT2D eigenvalue weighted by atomic mass is 9.83. The maximum atomic E-state index is 14.1. The third-order valence-electron chi connectivity index (χ3n) is 14.6. The molecule has 38 nitrogen and oxygen atoms in total. The molecule has 4 fully saturated rings. The summed E-state index contributed by atoms with van der Waals surface area (Å²) in [5.74, 6) is -0.896. The maximum Gasteiger partial charge on any atom is 0.408 e. The number of rotatable bonds is 20. The molecule has 3 saturated heterocycles. The first-order valence-corrected chi connectivity index (χ1v) is 32.7. The van der Waals surface area contributed by atoms with Crippen molar-refractivity contribution < 1.29 is 131 Å². The van der Waals surface area contributed by atoms with Crippen molar-refractivity contribution in [3.05, 3.63) is 51.8 Å². The third kappa shape index (κ3) is 25.4. The fourth-order valence-corrected chi connectivity index (χ4v) is 10.6. The number of ether oxygens (including phenoxy) is 13. The molecule has 1 aliphatic carbocycles. The summed E-state index contributed by atoms with van der Waals surface area (Å²) >= 11 is 0. The van der Waals surface area contributed by atoms with Crippen LogP contribution in [0.25, 0.3) is 0 Å². The van der Waals surface area contributed by atoms with Crippen LogP contribution >= 0.6 is 0 Å². The van der Waals surface area contributed by atoms with Gasteiger partial charge in [0.1, 0.15) is 131 Å². The van der Waals surface area contributed by atoms with Crippen molar-refractivity contribution in [2.24, 2.45) is 0 Å². The minimum Gasteiger partial charge on any atom is -0.455 e. The van der Waals surface area contributed by atoms with Crippen LogP contribution in [-0.2, 0) is 74.7 Å². The molecule has 570 valence electrons. The zero-order valence-corrected chi connectivity index (χ0v) is 59.8. The smallest absolute Gasteiger partial charge is 0.408 e. The molecule has 6 rings (SSSR count). The lowest BCUT2D eigenvalue weighted by Crippen LogP contribution is -2.70. The lowest BCUT2D eigenvalue weighted by molar-refractivity contribution is -0.384. The van der Waals surface area contributed by atoms with Crippen LogP contribution in [0, 0.1) is 10.1 Å². The first-order valence-electron chi connectivity index (χ1n) is 32.7. The van der Waals surface area contributed by atoms with Gasteiger partial charge in [-0.05, 0) is 143 Å². The minimum atomic E-state index is -2.16. The van der Waals surface area contributed by atoms with E-state index in [1.54, 1.807) is 104 Å². The Morgan fingerprint density at radius 1 is 0.495 bits per heavy atom. The number of benzene rings is 1. The fraction of sp³-hybridized carbons (Fsp3) is 0.762. The van der Waals surface area contributed by atoms with Gasteiger partial charge in [-0.25, -0.2) is 38.2 Å². The Morgan fingerprint density at radius 3 is 1.31 bits per heavy atom. The van der Waals surface area contributed by atoms with Gasteiger partial charge >= 0.3 is 42.5 Å². The van der Waals surface area contributed by atoms with Gasteiger partial charge in [-0.3, -0.25) is 10.1 Å². The van der Waals surface area contributed by atoms with Gasteiger partial charge in [-0.15, -0.1) is 5.10 Å². The molecule has 1 aromatic heterocycles. The number of aromatic nitrogens is 3. The predicted molar refractivity (Wildman–Crippen MR) is 345 cm³/mol. The van der Waals surface area contributed by atoms with Gasteiger partial charge in [0.25, 0.3) is 5.69 Å². The third-order valence-corrected chi connectivity index (χ3v) is 14.6. The summed E-state index contributed by atoms with van der Waals surface area (Å²) in [5, 5.41) is 107. The molecule has 0 bridgehead atoms. The van der Waals surface area contributed by atoms with E-state index in [1.165, 1.54) is 39.1 Å². The number of non-ortho nitro benzene ring substituents is 1. The summed E-state index contributed by atoms with van der Waals surface area (Å²) in [6.45, 7) is 26.0. The maximum absolute atomic E-state index is 14.1. The van der Waals surface area contributed by atoms with Crippen LogP contribution in [0.1, 0.15) is 147 Å². The van der Waals surface area contributed by atoms with Gasteiger partial charge < -0.3 is 124 Å². The summed E-state index contributed by atoms with van der Waals surface area (Å²) in [6.07, 6.45) is -34.4. The highest BCUT2D eigenvalue weighted by Gasteiger charge is 2.57. The molecule has 38 heteroatoms. The Kier molecular flexibility index (Phi) is 27.1. The van der Waals surface area contributed by atoms with Gasteiger partial charge in [0.05, 0.1) is 35.3 Å². The van der Waals surface area contributed by atoms with Crippen molar-refractivity contribution in [1.29, 1.82) is 0 Å². The standard InChI is InChI=1S/C63H100N10O28/c1-58(2,3)96-52(81)64-24-34-40(75)42(77)37(68-56(85)100-62(13,14)15)49(90-34)93-45-33(67-55(84)99-61(10,11)12)23-32(66-54(83)98-60(7,8)9)39(74)47(45)95-51-44(79)46(36(92-51)27-72-26-30(70-71-72)28-89-48(80)29-19-21-31(22-20-29)73(87)88)94-50-38(69-57(86)101-63(16,17)18)43(78)41(76)35(91-50)25-65-53(82)97-59(4,5)6/h19-22,26,32-47,49-51,74-79H,23-25,27-28H2,1-18H3,(H,64,81)(H,65,82)(H,66,83)(H,67,84)(H,68,85)(H,69,86)/t32-,33+,34-,35+,36-,37-,38-,39+,40-,41-,42-,43-,44-,45-,46-,47-,49-,50-,51+/m1/s1. The fourth-order valence-electron chi connectivity index (χ4n) is 10.6. The summed E-state index contributed by atoms with van der Waals surface area (Å²) < 4.78 is 78.6. The molecule has 4 heterocycles. The van der Waals surface area contributed by atoms with Crippen LogP contribution in [-0.4, -0.2) is 256 Å². The molecular weight excluding hydrogens is 1340 g/mol. The summed E-state index contributed by atoms with van der Waals surface area (Å²) in [4.78, 5) is 105. The Balaban J connectivity index is 1.48. The highest BCUT2D eigenvalue weighted by molar-refractivity contribution is 5.89. The van der Waals surface area contributed by atoms with Gasteiger partial charge in [0.15, 0.2) is 18.9 Å². The first kappa shape index (κ1) is 82.3. The van der Waals surface area contributed by atoms with E-state index < -0.39 is 230 Å². The van der Waals surface area contributed by atoms with E-state index in [9.17, 15) is 74.3 Å². The Morgan fingerprint density at radius 2 is 0.881 bits per heavy atom. The first-order chi connectivity index (χ1) is 46.4. The number of nitrogens with one attached hydrogen (secondary N) is 6. The van der Waals surface area contributed by atoms with Crippen molar-refractivity contribution in [3.63, 3.8) is 0 Å². The lowest BCUT2D eigenvalue weighted by Gasteiger charge is -2.49. The number of aliphatic hydroxyl groups is 6. The van der Waals surface area contributed by atoms with Crippen molar-refractivity contribution in [3.8, 4) is 0 Å². The number of alkyl carbamates (subject to hydrolysis) is 6. The van der Waals surface area contributed by atoms with E-state index in [1.807, 2.05) is 0 Å². The number of esters is 1. The molecule has 0 spiro atoms. The molecular formula is C63H100N10O28. The van der Waals surface area contributed by atoms with Crippen LogP contribution in [0.5, 0.6) is 0 Å². The zero-order valence-electron chi connectivity index (χ0n) is 59.8. The van der Waals surface area contributed by atoms with Crippen LogP contribution in [0.4, 0.5) is 34.5 Å². The quantitative estimate of drug-likeness (QED) is 0.0391. The van der Waals surface area contributed by atoms with Crippen molar-refractivity contribution in [2.75, 3.05) is 13.1 Å². The second-order valence-electron chi connectivity index (χ2n) is 30.5. The van der Waals surface area contributed by atoms with E-state index >= 15 is 0 Å². The molecule has 12 N–H and O–H groups in total. The summed E-state index contributed by atoms with van der Waals surface area (Å²) in [6, 6.07) is -2.12. The number of amides is 6. The number of nitro benzene ring substituents is 1. The summed E-state index contributed by atoms with van der Waals surface area (Å²) in [7, 11) is 0. The minimum absolute atomic E-state index is 0.0148. The van der Waals surface area contributed by atoms with Crippen LogP contribution in [0.2, 0.25) is 0 Å². The van der Waals surface area contributed by atoms with Gasteiger partial charge in [-0.2, -0.15) is 0 Å². The van der Waals surface area contributed by atoms with E-state index in [0.717, 1.165) is 16.8 Å². The molecule has 1 saturated carbocycles. The molecule has 3 aliphatic heterocycles. The Labute approximate surface area is 583 Å². The average molecular weight is 1450 g/mol. The number of nitrogens with zero attached hydrogens (tertiary/aromatic N) is 4. The molecule has 6 amide bonds. The van der Waals surface area contributed by atoms with Crippen LogP contribution in [0.15, 0.2) is 30.5 Å². The number of hydrogen-bond donors (Lipinski definition) is 12. The zero-order chi connectivity index (χ0) is 75.8. The number of aliphatic hydroxyl groups excluding tert-OH is 6. The van der Waals surface area contributed by atoms with Crippen LogP contribution < -0.4 is 31.9 Å². The molecule has 19 atom stereocenters. The van der Waals surface area contributed by atoms with Crippen molar-refractivity contribution in [1.82, 2.24) is 46.9 Å². The second kappa shape index (κ2) is 33.2. The number of carbonyl (C=O) groups is 7. The van der Waals surface area contributed by atoms with Gasteiger partial charge in [0, 0.05) is 25.2 Å². The van der Waals surface area contributed by atoms with E-state index in [2.05, 4.69) is 42.2 Å². The number of nitro groups is 1. The van der Waals surface area contributed by atoms with E-state index in [-0.39, 0.29) is 16.9 Å². The number of carbonyl (C=O) groups excluding carboxylic acids is 7. The number of hydrogen-bond acceptors (Lipinski definition) is 30. The molecule has 2 aromatic rings. The van der Waals surface area contributed by atoms with E-state index in [0.29, 0.717) is 0 Å². The van der Waals surface area contributed by atoms with E-state index in [4.69, 9.17) is 61.6 Å². The molecule has 4 aliphatic rings. The topological polar surface area (TPSA) is 507 Å². The van der Waals surface area contributed by atoms with Crippen molar-refractivity contribution >= 4 is 48.2 Å². The molecule has 1 aromatic carbocycles. The highest BCUT2D eigenvalue weighted by atomic mass is 16.8. The average Bonchev–Trinajstić information content (AvgIpc) is 1.75. The van der Waals surface area contributed by atoms with Gasteiger partial charge in [0.2, 0.25) is 0 Å². The van der Waals surface area contributed by atoms with Crippen molar-refractivity contribution in [2.45, 2.75) is 294 Å². The predicted octanol–water partition coefficient (Wildman–Crippen LogP) is 2.07. The highest BCUT2D eigenvalue weighted by Crippen LogP contribution is 2.37. The van der Waals surface area contributed by atoms with Crippen LogP contribution in [0.3, 0.4) is 0 Å². The second-order valence-corrected chi connectivity index (χ2v) is 30.5.